The standard InChI is InChI=1S/C24H6Cl6S6/c25-13-1-7-8-2-14(26)32-20(8)22-11(5-16(28)34-22)12-6-18(30)36-24(12)23-10(4-17(29)35-23)9-3-15(27)33-21(9)19(7)31-13/h1-6H/b8-7-,10-9-,12-11-,21-19-,22-20-,24-23-. The van der Waals surface area contributed by atoms with Gasteiger partial charge in [-0.25, -0.2) is 0 Å². The van der Waals surface area contributed by atoms with E-state index < -0.39 is 0 Å². The van der Waals surface area contributed by atoms with Crippen LogP contribution in [0.1, 0.15) is 0 Å². The van der Waals surface area contributed by atoms with E-state index in [9.17, 15) is 0 Å². The molecule has 0 amide bonds. The van der Waals surface area contributed by atoms with Crippen LogP contribution in [0.25, 0.3) is 0 Å². The Kier molecular flexibility index (Phi) is 6.41. The second-order valence-electron chi connectivity index (χ2n) is 7.76. The van der Waals surface area contributed by atoms with Crippen LogP contribution >= 0.6 is 138 Å². The summed E-state index contributed by atoms with van der Waals surface area (Å²) in [5.41, 5.74) is 0. The molecular weight excluding hydrogens is 693 g/mol. The lowest BCUT2D eigenvalue weighted by Gasteiger charge is -1.87. The van der Waals surface area contributed by atoms with E-state index in [1.165, 1.54) is 68.0 Å². The highest BCUT2D eigenvalue weighted by molar-refractivity contribution is 7.19. The summed E-state index contributed by atoms with van der Waals surface area (Å²) in [7, 11) is 0. The second kappa shape index (κ2) is 9.26. The summed E-state index contributed by atoms with van der Waals surface area (Å²) in [5, 5.41) is 6.11. The van der Waals surface area contributed by atoms with E-state index in [1.807, 2.05) is 36.4 Å². The molecule has 0 aromatic carbocycles. The highest BCUT2D eigenvalue weighted by Gasteiger charge is 2.11. The van der Waals surface area contributed by atoms with E-state index >= 15 is 0 Å². The molecule has 0 radical (unpaired) electrons. The highest BCUT2D eigenvalue weighted by Crippen LogP contribution is 2.34. The van der Waals surface area contributed by atoms with Crippen molar-refractivity contribution in [2.24, 2.45) is 0 Å². The Labute approximate surface area is 255 Å². The third-order valence-corrected chi connectivity index (χ3v) is 13.8. The topological polar surface area (TPSA) is 0 Å². The molecule has 0 spiro atoms. The van der Waals surface area contributed by atoms with Crippen molar-refractivity contribution in [2.45, 2.75) is 0 Å². The van der Waals surface area contributed by atoms with Crippen molar-refractivity contribution >= 4 is 138 Å². The van der Waals surface area contributed by atoms with Crippen molar-refractivity contribution < 1.29 is 0 Å². The van der Waals surface area contributed by atoms with Gasteiger partial charge in [-0.3, -0.25) is 0 Å². The third-order valence-electron chi connectivity index (χ3n) is 5.70. The molecule has 0 unspecified atom stereocenters. The Morgan fingerprint density at radius 3 is 0.556 bits per heavy atom. The van der Waals surface area contributed by atoms with Crippen molar-refractivity contribution in [3.05, 3.63) is 121 Å². The quantitative estimate of drug-likeness (QED) is 0.148. The number of thiophene rings is 6. The van der Waals surface area contributed by atoms with Gasteiger partial charge in [-0.15, -0.1) is 68.0 Å². The maximum atomic E-state index is 6.64. The van der Waals surface area contributed by atoms with Gasteiger partial charge in [0.2, 0.25) is 0 Å². The van der Waals surface area contributed by atoms with E-state index in [0.29, 0.717) is 26.0 Å². The summed E-state index contributed by atoms with van der Waals surface area (Å²) in [6.45, 7) is 0. The van der Waals surface area contributed by atoms with E-state index in [0.717, 1.165) is 58.5 Å². The van der Waals surface area contributed by atoms with Gasteiger partial charge >= 0.3 is 0 Å². The van der Waals surface area contributed by atoms with Gasteiger partial charge in [0.1, 0.15) is 0 Å². The molecule has 0 aliphatic heterocycles. The SMILES string of the molecule is Clc1cc2/c(s1)=c1/sc(Cl)c/c1=c1\cc(Cl)s\c1=c1/sc(Cl)c/c1=c1\cc(Cl)s\c1=c1/sc(Cl)c/c1=2. The average molecular weight is 699 g/mol. The first kappa shape index (κ1) is 24.9. The molecule has 36 heavy (non-hydrogen) atoms. The van der Waals surface area contributed by atoms with Gasteiger partial charge in [0.25, 0.3) is 0 Å². The van der Waals surface area contributed by atoms with Gasteiger partial charge in [0.05, 0.1) is 53.2 Å². The van der Waals surface area contributed by atoms with E-state index in [4.69, 9.17) is 69.6 Å². The average Bonchev–Trinajstić information content (AvgIpc) is 3.61. The molecule has 0 saturated heterocycles. The first-order valence-corrected chi connectivity index (χ1v) is 17.2. The van der Waals surface area contributed by atoms with Crippen LogP contribution in [0.5, 0.6) is 0 Å². The van der Waals surface area contributed by atoms with Crippen molar-refractivity contribution in [1.82, 2.24) is 0 Å². The van der Waals surface area contributed by atoms with Crippen molar-refractivity contribution in [2.75, 3.05) is 0 Å². The number of hydrogen-bond acceptors (Lipinski definition) is 6. The third kappa shape index (κ3) is 4.00. The van der Waals surface area contributed by atoms with Crippen LogP contribution in [0.15, 0.2) is 36.4 Å². The van der Waals surface area contributed by atoms with Gasteiger partial charge in [-0.05, 0) is 36.4 Å². The van der Waals surface area contributed by atoms with Gasteiger partial charge in [0, 0.05) is 31.3 Å². The van der Waals surface area contributed by atoms with E-state index in [-0.39, 0.29) is 0 Å². The zero-order chi connectivity index (χ0) is 24.9. The summed E-state index contributed by atoms with van der Waals surface area (Å²) < 4.78 is 10.4. The Morgan fingerprint density at radius 1 is 0.278 bits per heavy atom. The number of halogens is 6. The van der Waals surface area contributed by atoms with Gasteiger partial charge < -0.3 is 0 Å². The first-order valence-electron chi connectivity index (χ1n) is 10.0. The molecule has 6 aromatic rings. The van der Waals surface area contributed by atoms with Crippen LogP contribution in [0, 0.1) is 58.5 Å². The Hall–Kier alpha value is -0.0600. The summed E-state index contributed by atoms with van der Waals surface area (Å²) in [5.74, 6) is 0. The molecule has 0 fully saturated rings. The molecule has 6 heterocycles. The van der Waals surface area contributed by atoms with Gasteiger partial charge in [0.15, 0.2) is 0 Å². The van der Waals surface area contributed by atoms with Crippen LogP contribution in [0.4, 0.5) is 0 Å². The Balaban J connectivity index is 2.14. The predicted octanol–water partition coefficient (Wildman–Crippen LogP) is 12.0. The molecule has 180 valence electrons. The zero-order valence-electron chi connectivity index (χ0n) is 17.2. The largest absolute Gasteiger partial charge is 0.122 e. The number of rotatable bonds is 0. The normalized spacial score (nSPS) is 18.2. The molecule has 0 atom stereocenters. The first-order chi connectivity index (χ1) is 17.3. The lowest BCUT2D eigenvalue weighted by Crippen LogP contribution is -1.76. The lowest BCUT2D eigenvalue weighted by atomic mass is 10.2. The minimum atomic E-state index is 0.692. The number of hydrogen-bond donors (Lipinski definition) is 0. The zero-order valence-corrected chi connectivity index (χ0v) is 26.6. The molecule has 12 heteroatoms. The summed E-state index contributed by atoms with van der Waals surface area (Å²) in [6, 6.07) is 12.1. The second-order valence-corrected chi connectivity index (χ2v) is 17.9. The molecule has 1 aliphatic rings. The van der Waals surface area contributed by atoms with E-state index in [2.05, 4.69) is 0 Å². The lowest BCUT2D eigenvalue weighted by molar-refractivity contribution is 1.45. The molecule has 0 N–H and O–H groups in total. The van der Waals surface area contributed by atoms with Crippen LogP contribution < -0.4 is 0 Å². The molecule has 1 aliphatic carbocycles. The Bertz CT molecular complexity index is 1790. The molecule has 0 bridgehead atoms. The molecular formula is C24H6Cl6S6. The minimum absolute atomic E-state index is 0.692. The molecule has 6 aromatic heterocycles. The van der Waals surface area contributed by atoms with E-state index in [1.54, 1.807) is 0 Å². The minimum Gasteiger partial charge on any atom is -0.122 e. The number of fused-ring (bicyclic) bond motifs is 6. The molecule has 0 saturated carbocycles. The molecule has 0 nitrogen and oxygen atoms in total. The van der Waals surface area contributed by atoms with Crippen LogP contribution in [-0.4, -0.2) is 0 Å². The van der Waals surface area contributed by atoms with Crippen LogP contribution in [0.3, 0.4) is 0 Å². The van der Waals surface area contributed by atoms with Crippen molar-refractivity contribution in [3.63, 3.8) is 0 Å². The smallest absolute Gasteiger partial charge is 0.0941 e. The fourth-order valence-electron chi connectivity index (χ4n) is 4.38. The highest BCUT2D eigenvalue weighted by atomic mass is 35.5. The van der Waals surface area contributed by atoms with Gasteiger partial charge in [-0.1, -0.05) is 69.6 Å². The van der Waals surface area contributed by atoms with Crippen molar-refractivity contribution in [3.8, 4) is 0 Å². The fourth-order valence-corrected chi connectivity index (χ4v) is 12.3. The predicted molar refractivity (Wildman–Crippen MR) is 162 cm³/mol. The summed E-state index contributed by atoms with van der Waals surface area (Å²) in [6.07, 6.45) is 0. The maximum Gasteiger partial charge on any atom is 0.0941 e. The van der Waals surface area contributed by atoms with Gasteiger partial charge in [-0.2, -0.15) is 0 Å². The molecule has 7 rings (SSSR count). The van der Waals surface area contributed by atoms with Crippen LogP contribution in [-0.2, 0) is 0 Å². The summed E-state index contributed by atoms with van der Waals surface area (Å²) >= 11 is 49.1. The Morgan fingerprint density at radius 2 is 0.417 bits per heavy atom. The monoisotopic (exact) mass is 696 g/mol. The van der Waals surface area contributed by atoms with Crippen LogP contribution in [0.2, 0.25) is 26.0 Å². The summed E-state index contributed by atoms with van der Waals surface area (Å²) in [4.78, 5) is 0. The maximum absolute atomic E-state index is 6.64. The van der Waals surface area contributed by atoms with Crippen molar-refractivity contribution in [1.29, 1.82) is 0 Å². The fraction of sp³-hybridized carbons (Fsp3) is 0.